The molecule has 1 aromatic rings. The lowest BCUT2D eigenvalue weighted by atomic mass is 9.81. The molecule has 0 aliphatic carbocycles. The molecule has 0 saturated carbocycles. The maximum Gasteiger partial charge on any atom is 0.319 e. The summed E-state index contributed by atoms with van der Waals surface area (Å²) in [7, 11) is 1.61. The van der Waals surface area contributed by atoms with Gasteiger partial charge in [0.1, 0.15) is 5.75 Å². The largest absolute Gasteiger partial charge is 0.495 e. The van der Waals surface area contributed by atoms with E-state index in [1.807, 2.05) is 24.3 Å². The predicted octanol–water partition coefficient (Wildman–Crippen LogP) is 3.61. The minimum absolute atomic E-state index is 0.138. The molecule has 2 aliphatic rings. The van der Waals surface area contributed by atoms with Gasteiger partial charge in [0.05, 0.1) is 12.8 Å². The highest BCUT2D eigenvalue weighted by atomic mass is 16.5. The Labute approximate surface area is 144 Å². The van der Waals surface area contributed by atoms with E-state index in [9.17, 15) is 4.79 Å². The van der Waals surface area contributed by atoms with E-state index in [0.717, 1.165) is 12.8 Å². The van der Waals surface area contributed by atoms with Gasteiger partial charge in [-0.3, -0.25) is 4.90 Å². The quantitative estimate of drug-likeness (QED) is 0.886. The molecule has 3 rings (SSSR count). The van der Waals surface area contributed by atoms with E-state index in [1.54, 1.807) is 7.11 Å². The lowest BCUT2D eigenvalue weighted by molar-refractivity contribution is 0.00233. The molecular weight excluding hydrogens is 302 g/mol. The summed E-state index contributed by atoms with van der Waals surface area (Å²) >= 11 is 0. The van der Waals surface area contributed by atoms with Crippen molar-refractivity contribution in [2.45, 2.75) is 70.1 Å². The number of benzene rings is 1. The number of fused-ring (bicyclic) bond motifs is 2. The molecular formula is C19H29N3O2. The van der Waals surface area contributed by atoms with Gasteiger partial charge in [-0.2, -0.15) is 0 Å². The minimum Gasteiger partial charge on any atom is -0.495 e. The Morgan fingerprint density at radius 2 is 1.88 bits per heavy atom. The first-order valence-corrected chi connectivity index (χ1v) is 9.06. The number of para-hydroxylation sites is 2. The summed E-state index contributed by atoms with van der Waals surface area (Å²) in [5.41, 5.74) is 0.706. The van der Waals surface area contributed by atoms with Crippen LogP contribution in [0.5, 0.6) is 5.75 Å². The molecule has 1 aromatic carbocycles. The van der Waals surface area contributed by atoms with E-state index >= 15 is 0 Å². The standard InChI is InChI=1S/C19H29N3O2/c1-13(2)22-15-7-6-8-16(22)12-14(11-15)20-19(23)21-17-9-4-5-10-18(17)24-3/h4-5,9-10,13-16H,6-8,11-12H2,1-3H3,(H2,20,21,23)/t14?,15-,16+. The van der Waals surface area contributed by atoms with Crippen LogP contribution in [-0.2, 0) is 0 Å². The van der Waals surface area contributed by atoms with Gasteiger partial charge in [0, 0.05) is 24.2 Å². The lowest BCUT2D eigenvalue weighted by Crippen LogP contribution is -2.59. The summed E-state index contributed by atoms with van der Waals surface area (Å²) in [4.78, 5) is 15.1. The molecule has 2 fully saturated rings. The number of nitrogens with one attached hydrogen (secondary N) is 2. The molecule has 2 aliphatic heterocycles. The van der Waals surface area contributed by atoms with Gasteiger partial charge >= 0.3 is 6.03 Å². The Morgan fingerprint density at radius 1 is 1.21 bits per heavy atom. The molecule has 2 heterocycles. The number of piperidine rings is 2. The van der Waals surface area contributed by atoms with Crippen molar-refractivity contribution < 1.29 is 9.53 Å². The molecule has 132 valence electrons. The van der Waals surface area contributed by atoms with Gasteiger partial charge < -0.3 is 15.4 Å². The Hall–Kier alpha value is -1.75. The zero-order valence-corrected chi connectivity index (χ0v) is 14.9. The smallest absolute Gasteiger partial charge is 0.319 e. The SMILES string of the molecule is COc1ccccc1NC(=O)NC1C[C@H]2CCC[C@@H](C1)N2C(C)C. The minimum atomic E-state index is -0.138. The number of carbonyl (C=O) groups is 1. The number of methoxy groups -OCH3 is 1. The molecule has 2 amide bonds. The lowest BCUT2D eigenvalue weighted by Gasteiger charge is -2.51. The van der Waals surface area contributed by atoms with E-state index < -0.39 is 0 Å². The molecule has 0 aromatic heterocycles. The molecule has 2 N–H and O–H groups in total. The van der Waals surface area contributed by atoms with Crippen LogP contribution in [0.25, 0.3) is 0 Å². The van der Waals surface area contributed by atoms with Crippen LogP contribution < -0.4 is 15.4 Å². The van der Waals surface area contributed by atoms with E-state index in [-0.39, 0.29) is 12.1 Å². The van der Waals surface area contributed by atoms with Crippen molar-refractivity contribution in [2.75, 3.05) is 12.4 Å². The third kappa shape index (κ3) is 3.66. The molecule has 5 heteroatoms. The first-order chi connectivity index (χ1) is 11.6. The van der Waals surface area contributed by atoms with Crippen molar-refractivity contribution in [1.82, 2.24) is 10.2 Å². The van der Waals surface area contributed by atoms with Crippen LogP contribution in [0.15, 0.2) is 24.3 Å². The Bertz CT molecular complexity index is 561. The molecule has 2 bridgehead atoms. The van der Waals surface area contributed by atoms with Crippen LogP contribution in [0.2, 0.25) is 0 Å². The van der Waals surface area contributed by atoms with Crippen LogP contribution in [0.4, 0.5) is 10.5 Å². The second-order valence-electron chi connectivity index (χ2n) is 7.25. The normalized spacial score (nSPS) is 26.9. The van der Waals surface area contributed by atoms with Crippen molar-refractivity contribution in [3.8, 4) is 5.75 Å². The van der Waals surface area contributed by atoms with Crippen LogP contribution >= 0.6 is 0 Å². The molecule has 2 saturated heterocycles. The first-order valence-electron chi connectivity index (χ1n) is 9.06. The van der Waals surface area contributed by atoms with Crippen LogP contribution in [-0.4, -0.2) is 42.2 Å². The fraction of sp³-hybridized carbons (Fsp3) is 0.632. The molecule has 3 atom stereocenters. The average molecular weight is 331 g/mol. The zero-order valence-electron chi connectivity index (χ0n) is 14.9. The number of nitrogens with zero attached hydrogens (tertiary/aromatic N) is 1. The number of urea groups is 1. The van der Waals surface area contributed by atoms with Gasteiger partial charge in [-0.05, 0) is 51.7 Å². The maximum absolute atomic E-state index is 12.4. The summed E-state index contributed by atoms with van der Waals surface area (Å²) in [5, 5.41) is 6.09. The monoisotopic (exact) mass is 331 g/mol. The van der Waals surface area contributed by atoms with Crippen molar-refractivity contribution in [1.29, 1.82) is 0 Å². The van der Waals surface area contributed by atoms with Crippen molar-refractivity contribution in [2.24, 2.45) is 0 Å². The number of anilines is 1. The van der Waals surface area contributed by atoms with Gasteiger partial charge in [-0.15, -0.1) is 0 Å². The first kappa shape index (κ1) is 17.1. The molecule has 0 radical (unpaired) electrons. The average Bonchev–Trinajstić information content (AvgIpc) is 2.54. The molecule has 24 heavy (non-hydrogen) atoms. The van der Waals surface area contributed by atoms with Crippen molar-refractivity contribution >= 4 is 11.7 Å². The summed E-state index contributed by atoms with van der Waals surface area (Å²) in [6.07, 6.45) is 5.92. The summed E-state index contributed by atoms with van der Waals surface area (Å²) in [6.45, 7) is 4.57. The van der Waals surface area contributed by atoms with E-state index in [2.05, 4.69) is 29.4 Å². The van der Waals surface area contributed by atoms with E-state index in [1.165, 1.54) is 19.3 Å². The van der Waals surface area contributed by atoms with Crippen molar-refractivity contribution in [3.63, 3.8) is 0 Å². The van der Waals surface area contributed by atoms with Crippen LogP contribution in [0.1, 0.15) is 46.0 Å². The number of rotatable bonds is 4. The Balaban J connectivity index is 1.60. The van der Waals surface area contributed by atoms with Gasteiger partial charge in [-0.1, -0.05) is 18.6 Å². The van der Waals surface area contributed by atoms with Crippen LogP contribution in [0, 0.1) is 0 Å². The van der Waals surface area contributed by atoms with Crippen LogP contribution in [0.3, 0.4) is 0 Å². The fourth-order valence-electron chi connectivity index (χ4n) is 4.47. The number of hydrogen-bond acceptors (Lipinski definition) is 3. The van der Waals surface area contributed by atoms with Gasteiger partial charge in [0.15, 0.2) is 0 Å². The van der Waals surface area contributed by atoms with Crippen molar-refractivity contribution in [3.05, 3.63) is 24.3 Å². The number of carbonyl (C=O) groups excluding carboxylic acids is 1. The highest BCUT2D eigenvalue weighted by molar-refractivity contribution is 5.91. The second-order valence-corrected chi connectivity index (χ2v) is 7.25. The van der Waals surface area contributed by atoms with Gasteiger partial charge in [0.25, 0.3) is 0 Å². The summed E-state index contributed by atoms with van der Waals surface area (Å²) in [6, 6.07) is 9.40. The number of amides is 2. The van der Waals surface area contributed by atoms with Gasteiger partial charge in [0.2, 0.25) is 0 Å². The molecule has 5 nitrogen and oxygen atoms in total. The number of hydrogen-bond donors (Lipinski definition) is 2. The highest BCUT2D eigenvalue weighted by Gasteiger charge is 2.39. The van der Waals surface area contributed by atoms with E-state index in [0.29, 0.717) is 29.6 Å². The fourth-order valence-corrected chi connectivity index (χ4v) is 4.47. The zero-order chi connectivity index (χ0) is 17.1. The summed E-state index contributed by atoms with van der Waals surface area (Å²) in [5.74, 6) is 0.680. The third-order valence-electron chi connectivity index (χ3n) is 5.32. The van der Waals surface area contributed by atoms with E-state index in [4.69, 9.17) is 4.74 Å². The number of ether oxygens (including phenoxy) is 1. The molecule has 1 unspecified atom stereocenters. The predicted molar refractivity (Wildman–Crippen MR) is 96.6 cm³/mol. The topological polar surface area (TPSA) is 53.6 Å². The summed E-state index contributed by atoms with van der Waals surface area (Å²) < 4.78 is 5.29. The highest BCUT2D eigenvalue weighted by Crippen LogP contribution is 2.35. The Morgan fingerprint density at radius 3 is 2.50 bits per heavy atom. The second kappa shape index (κ2) is 7.43. The third-order valence-corrected chi connectivity index (χ3v) is 5.32. The molecule has 0 spiro atoms. The maximum atomic E-state index is 12.4. The van der Waals surface area contributed by atoms with Gasteiger partial charge in [-0.25, -0.2) is 4.79 Å². The Kier molecular flexibility index (Phi) is 5.29.